The van der Waals surface area contributed by atoms with Crippen molar-refractivity contribution < 1.29 is 17.9 Å². The molecule has 2 rings (SSSR count). The smallest absolute Gasteiger partial charge is 0.387 e. The van der Waals surface area contributed by atoms with Crippen molar-refractivity contribution in [3.63, 3.8) is 0 Å². The van der Waals surface area contributed by atoms with E-state index in [0.29, 0.717) is 11.4 Å². The van der Waals surface area contributed by atoms with E-state index in [-0.39, 0.29) is 17.9 Å². The molecule has 0 bridgehead atoms. The van der Waals surface area contributed by atoms with Crippen molar-refractivity contribution in [1.82, 2.24) is 4.98 Å². The van der Waals surface area contributed by atoms with Crippen molar-refractivity contribution in [2.45, 2.75) is 13.2 Å². The predicted octanol–water partition coefficient (Wildman–Crippen LogP) is 3.31. The number of nitrogens with zero attached hydrogens (tertiary/aromatic N) is 2. The third kappa shape index (κ3) is 4.11. The summed E-state index contributed by atoms with van der Waals surface area (Å²) in [4.78, 5) is 3.94. The molecular weight excluding hydrogens is 283 g/mol. The van der Waals surface area contributed by atoms with E-state index in [1.165, 1.54) is 30.5 Å². The zero-order valence-corrected chi connectivity index (χ0v) is 10.7. The van der Waals surface area contributed by atoms with Gasteiger partial charge in [0.2, 0.25) is 0 Å². The summed E-state index contributed by atoms with van der Waals surface area (Å²) in [5.74, 6) is -0.531. The van der Waals surface area contributed by atoms with Gasteiger partial charge < -0.3 is 10.1 Å². The average Bonchev–Trinajstić information content (AvgIpc) is 2.46. The van der Waals surface area contributed by atoms with Crippen molar-refractivity contribution in [2.75, 3.05) is 5.32 Å². The fourth-order valence-corrected chi connectivity index (χ4v) is 1.64. The molecule has 0 saturated carbocycles. The van der Waals surface area contributed by atoms with Gasteiger partial charge in [0.15, 0.2) is 0 Å². The third-order valence-electron chi connectivity index (χ3n) is 2.58. The second-order valence-corrected chi connectivity index (χ2v) is 4.02. The van der Waals surface area contributed by atoms with E-state index in [2.05, 4.69) is 15.0 Å². The number of pyridine rings is 1. The zero-order valence-electron chi connectivity index (χ0n) is 10.7. The number of benzene rings is 1. The Bertz CT molecular complexity index is 654. The fraction of sp³-hybridized carbons (Fsp3) is 0.143. The Hall–Kier alpha value is -2.75. The van der Waals surface area contributed by atoms with Crippen LogP contribution in [0.1, 0.15) is 11.3 Å². The monoisotopic (exact) mass is 293 g/mol. The van der Waals surface area contributed by atoms with Crippen LogP contribution in [0.5, 0.6) is 5.75 Å². The van der Waals surface area contributed by atoms with Crippen molar-refractivity contribution in [3.8, 4) is 11.8 Å². The molecule has 4 nitrogen and oxygen atoms in total. The van der Waals surface area contributed by atoms with Crippen molar-refractivity contribution in [3.05, 3.63) is 53.6 Å². The van der Waals surface area contributed by atoms with Gasteiger partial charge in [-0.3, -0.25) is 4.98 Å². The largest absolute Gasteiger partial charge is 0.433 e. The number of nitriles is 1. The Morgan fingerprint density at radius 3 is 2.71 bits per heavy atom. The van der Waals surface area contributed by atoms with Crippen LogP contribution in [0.2, 0.25) is 0 Å². The molecule has 1 heterocycles. The van der Waals surface area contributed by atoms with Gasteiger partial charge in [-0.1, -0.05) is 0 Å². The van der Waals surface area contributed by atoms with Crippen molar-refractivity contribution >= 4 is 5.69 Å². The molecule has 0 atom stereocenters. The molecule has 0 spiro atoms. The number of alkyl halides is 2. The fourth-order valence-electron chi connectivity index (χ4n) is 1.64. The lowest BCUT2D eigenvalue weighted by atomic mass is 10.2. The summed E-state index contributed by atoms with van der Waals surface area (Å²) in [6, 6.07) is 8.56. The summed E-state index contributed by atoms with van der Waals surface area (Å²) in [6.45, 7) is -2.64. The van der Waals surface area contributed by atoms with Gasteiger partial charge in [0, 0.05) is 0 Å². The minimum absolute atomic E-state index is 0.0340. The van der Waals surface area contributed by atoms with E-state index < -0.39 is 12.4 Å². The number of aromatic nitrogens is 1. The van der Waals surface area contributed by atoms with Gasteiger partial charge in [-0.25, -0.2) is 4.39 Å². The van der Waals surface area contributed by atoms with Gasteiger partial charge in [-0.2, -0.15) is 14.0 Å². The minimum atomic E-state index is -2.90. The van der Waals surface area contributed by atoms with E-state index in [1.54, 1.807) is 0 Å². The highest BCUT2D eigenvalue weighted by Crippen LogP contribution is 2.17. The molecule has 0 saturated heterocycles. The maximum Gasteiger partial charge on any atom is 0.387 e. The van der Waals surface area contributed by atoms with Crippen LogP contribution in [-0.2, 0) is 6.54 Å². The van der Waals surface area contributed by atoms with Crippen LogP contribution < -0.4 is 10.1 Å². The number of hydrogen-bond donors (Lipinski definition) is 1. The number of ether oxygens (including phenoxy) is 1. The average molecular weight is 293 g/mol. The van der Waals surface area contributed by atoms with Crippen molar-refractivity contribution in [1.29, 1.82) is 5.26 Å². The van der Waals surface area contributed by atoms with E-state index in [9.17, 15) is 13.2 Å². The van der Waals surface area contributed by atoms with Gasteiger partial charge in [-0.15, -0.1) is 0 Å². The molecule has 1 aromatic heterocycles. The molecule has 0 aliphatic rings. The number of anilines is 1. The molecular formula is C14H10F3N3O. The first-order chi connectivity index (χ1) is 10.1. The lowest BCUT2D eigenvalue weighted by Crippen LogP contribution is -2.05. The number of hydrogen-bond acceptors (Lipinski definition) is 4. The summed E-state index contributed by atoms with van der Waals surface area (Å²) in [7, 11) is 0. The molecule has 0 radical (unpaired) electrons. The molecule has 1 aromatic carbocycles. The van der Waals surface area contributed by atoms with E-state index >= 15 is 0 Å². The lowest BCUT2D eigenvalue weighted by Gasteiger charge is -2.08. The van der Waals surface area contributed by atoms with Crippen LogP contribution in [-0.4, -0.2) is 11.6 Å². The van der Waals surface area contributed by atoms with Gasteiger partial charge in [0.25, 0.3) is 0 Å². The molecule has 0 aliphatic carbocycles. The molecule has 1 N–H and O–H groups in total. The summed E-state index contributed by atoms with van der Waals surface area (Å²) >= 11 is 0. The van der Waals surface area contributed by atoms with Crippen LogP contribution in [0, 0.1) is 17.1 Å². The quantitative estimate of drug-likeness (QED) is 0.919. The lowest BCUT2D eigenvalue weighted by molar-refractivity contribution is -0.0500. The van der Waals surface area contributed by atoms with Gasteiger partial charge in [-0.05, 0) is 30.3 Å². The maximum absolute atomic E-state index is 13.0. The third-order valence-corrected chi connectivity index (χ3v) is 2.58. The van der Waals surface area contributed by atoms with Crippen molar-refractivity contribution in [2.24, 2.45) is 0 Å². The summed E-state index contributed by atoms with van der Waals surface area (Å²) < 4.78 is 41.1. The van der Waals surface area contributed by atoms with Gasteiger partial charge >= 0.3 is 6.61 Å². The molecule has 0 fully saturated rings. The molecule has 0 unspecified atom stereocenters. The summed E-state index contributed by atoms with van der Waals surface area (Å²) in [5.41, 5.74) is 1.20. The van der Waals surface area contributed by atoms with Crippen LogP contribution in [0.15, 0.2) is 36.5 Å². The second-order valence-electron chi connectivity index (χ2n) is 4.02. The standard InChI is InChI=1S/C14H10F3N3O/c15-10-1-4-13(9(5-10)6-18)20-7-11-2-3-12(8-19-11)21-14(16)17/h1-5,8,14,20H,7H2. The van der Waals surface area contributed by atoms with Crippen LogP contribution >= 0.6 is 0 Å². The Labute approximate surface area is 118 Å². The summed E-state index contributed by atoms with van der Waals surface area (Å²) in [6.07, 6.45) is 1.18. The molecule has 0 amide bonds. The highest BCUT2D eigenvalue weighted by atomic mass is 19.3. The Kier molecular flexibility index (Phi) is 4.61. The molecule has 7 heteroatoms. The topological polar surface area (TPSA) is 57.9 Å². The minimum Gasteiger partial charge on any atom is -0.433 e. The first-order valence-corrected chi connectivity index (χ1v) is 5.92. The van der Waals surface area contributed by atoms with E-state index in [1.807, 2.05) is 6.07 Å². The molecule has 21 heavy (non-hydrogen) atoms. The van der Waals surface area contributed by atoms with E-state index in [4.69, 9.17) is 5.26 Å². The summed E-state index contributed by atoms with van der Waals surface area (Å²) in [5, 5.41) is 11.8. The first kappa shape index (κ1) is 14.7. The normalized spacial score (nSPS) is 10.2. The van der Waals surface area contributed by atoms with Crippen LogP contribution in [0.4, 0.5) is 18.9 Å². The molecule has 108 valence electrons. The molecule has 0 aliphatic heterocycles. The Morgan fingerprint density at radius 2 is 2.10 bits per heavy atom. The predicted molar refractivity (Wildman–Crippen MR) is 69.3 cm³/mol. The number of halogens is 3. The second kappa shape index (κ2) is 6.61. The SMILES string of the molecule is N#Cc1cc(F)ccc1NCc1ccc(OC(F)F)cn1. The highest BCUT2D eigenvalue weighted by Gasteiger charge is 2.06. The number of rotatable bonds is 5. The Morgan fingerprint density at radius 1 is 1.29 bits per heavy atom. The first-order valence-electron chi connectivity index (χ1n) is 5.92. The van der Waals surface area contributed by atoms with Gasteiger partial charge in [0.05, 0.1) is 29.7 Å². The maximum atomic E-state index is 13.0. The van der Waals surface area contributed by atoms with E-state index in [0.717, 1.165) is 6.07 Å². The molecule has 2 aromatic rings. The highest BCUT2D eigenvalue weighted by molar-refractivity contribution is 5.57. The number of nitrogens with one attached hydrogen (secondary N) is 1. The zero-order chi connectivity index (χ0) is 15.2. The Balaban J connectivity index is 2.02. The van der Waals surface area contributed by atoms with Gasteiger partial charge in [0.1, 0.15) is 17.6 Å². The van der Waals surface area contributed by atoms with Crippen LogP contribution in [0.3, 0.4) is 0 Å². The van der Waals surface area contributed by atoms with Crippen LogP contribution in [0.25, 0.3) is 0 Å².